The van der Waals surface area contributed by atoms with Crippen LogP contribution < -0.4 is 0 Å². The Kier molecular flexibility index (Phi) is 3.66. The van der Waals surface area contributed by atoms with Gasteiger partial charge in [-0.2, -0.15) is 5.26 Å². The van der Waals surface area contributed by atoms with Crippen LogP contribution in [0.4, 0.5) is 0 Å². The monoisotopic (exact) mass is 248 g/mol. The van der Waals surface area contributed by atoms with Crippen LogP contribution >= 0.6 is 0 Å². The maximum Gasteiger partial charge on any atom is 0.243 e. The van der Waals surface area contributed by atoms with Crippen LogP contribution in [-0.2, 0) is 4.79 Å². The van der Waals surface area contributed by atoms with E-state index in [0.29, 0.717) is 5.41 Å². The summed E-state index contributed by atoms with van der Waals surface area (Å²) in [5, 5.41) is 9.37. The van der Waals surface area contributed by atoms with Gasteiger partial charge >= 0.3 is 0 Å². The van der Waals surface area contributed by atoms with E-state index in [1.165, 1.54) is 6.42 Å². The molecule has 0 N–H and O–H groups in total. The third-order valence-corrected chi connectivity index (χ3v) is 5.19. The van der Waals surface area contributed by atoms with Crippen molar-refractivity contribution in [2.75, 3.05) is 13.1 Å². The van der Waals surface area contributed by atoms with E-state index in [9.17, 15) is 10.1 Å². The first-order chi connectivity index (χ1) is 8.55. The fraction of sp³-hybridized carbons (Fsp3) is 0.867. The second-order valence-corrected chi connectivity index (χ2v) is 6.36. The Labute approximate surface area is 110 Å². The first-order valence-electron chi connectivity index (χ1n) is 7.26. The van der Waals surface area contributed by atoms with Crippen LogP contribution in [0.1, 0.15) is 58.8 Å². The highest BCUT2D eigenvalue weighted by atomic mass is 16.2. The van der Waals surface area contributed by atoms with Gasteiger partial charge < -0.3 is 4.90 Å². The fourth-order valence-corrected chi connectivity index (χ4v) is 3.26. The Morgan fingerprint density at radius 3 is 2.22 bits per heavy atom. The molecule has 1 saturated carbocycles. The molecular formula is C15H24N2O. The minimum Gasteiger partial charge on any atom is -0.341 e. The number of carbonyl (C=O) groups excluding carboxylic acids is 1. The van der Waals surface area contributed by atoms with Gasteiger partial charge in [-0.3, -0.25) is 4.79 Å². The largest absolute Gasteiger partial charge is 0.341 e. The van der Waals surface area contributed by atoms with Gasteiger partial charge in [-0.15, -0.1) is 0 Å². The third-order valence-electron chi connectivity index (χ3n) is 5.19. The molecule has 1 amide bonds. The molecule has 100 valence electrons. The highest BCUT2D eigenvalue weighted by Gasteiger charge is 2.45. The Morgan fingerprint density at radius 1 is 1.22 bits per heavy atom. The first-order valence-corrected chi connectivity index (χ1v) is 7.26. The molecule has 18 heavy (non-hydrogen) atoms. The molecule has 1 aliphatic heterocycles. The molecule has 2 rings (SSSR count). The molecule has 0 spiro atoms. The van der Waals surface area contributed by atoms with Crippen LogP contribution in [0.5, 0.6) is 0 Å². The zero-order valence-corrected chi connectivity index (χ0v) is 11.7. The number of rotatable bonds is 2. The van der Waals surface area contributed by atoms with Crippen LogP contribution in [0.25, 0.3) is 0 Å². The molecular weight excluding hydrogens is 224 g/mol. The van der Waals surface area contributed by atoms with Gasteiger partial charge in [-0.05, 0) is 31.1 Å². The summed E-state index contributed by atoms with van der Waals surface area (Å²) in [7, 11) is 0. The van der Waals surface area contributed by atoms with Crippen molar-refractivity contribution in [2.24, 2.45) is 10.8 Å². The van der Waals surface area contributed by atoms with E-state index >= 15 is 0 Å². The van der Waals surface area contributed by atoms with Crippen LogP contribution in [-0.4, -0.2) is 23.9 Å². The van der Waals surface area contributed by atoms with Crippen LogP contribution in [0.2, 0.25) is 0 Å². The SMILES string of the molecule is CCC1(C)CCN(C(=O)C2(C#N)CCCC2)CC1. The van der Waals surface area contributed by atoms with Crippen molar-refractivity contribution in [2.45, 2.75) is 58.8 Å². The van der Waals surface area contributed by atoms with E-state index in [1.54, 1.807) is 0 Å². The first kappa shape index (κ1) is 13.4. The van der Waals surface area contributed by atoms with Crippen molar-refractivity contribution in [1.82, 2.24) is 4.90 Å². The lowest BCUT2D eigenvalue weighted by atomic mass is 9.77. The zero-order chi connectivity index (χ0) is 13.2. The molecule has 0 unspecified atom stereocenters. The Hall–Kier alpha value is -1.04. The van der Waals surface area contributed by atoms with E-state index < -0.39 is 5.41 Å². The van der Waals surface area contributed by atoms with Gasteiger partial charge in [0, 0.05) is 13.1 Å². The molecule has 1 saturated heterocycles. The van der Waals surface area contributed by atoms with E-state index in [0.717, 1.165) is 51.6 Å². The summed E-state index contributed by atoms with van der Waals surface area (Å²) in [6.07, 6.45) is 6.93. The molecule has 0 atom stereocenters. The van der Waals surface area contributed by atoms with Gasteiger partial charge in [0.15, 0.2) is 0 Å². The Bertz CT molecular complexity index is 355. The molecule has 0 bridgehead atoms. The summed E-state index contributed by atoms with van der Waals surface area (Å²) in [5.41, 5.74) is -0.285. The smallest absolute Gasteiger partial charge is 0.243 e. The van der Waals surface area contributed by atoms with Gasteiger partial charge in [0.2, 0.25) is 5.91 Å². The molecule has 3 nitrogen and oxygen atoms in total. The van der Waals surface area contributed by atoms with Crippen molar-refractivity contribution in [1.29, 1.82) is 5.26 Å². The lowest BCUT2D eigenvalue weighted by Crippen LogP contribution is -2.47. The maximum atomic E-state index is 12.6. The molecule has 0 radical (unpaired) electrons. The van der Waals surface area contributed by atoms with Gasteiger partial charge in [0.25, 0.3) is 0 Å². The lowest BCUT2D eigenvalue weighted by Gasteiger charge is -2.41. The Morgan fingerprint density at radius 2 is 1.78 bits per heavy atom. The van der Waals surface area contributed by atoms with Crippen LogP contribution in [0, 0.1) is 22.2 Å². The van der Waals surface area contributed by atoms with E-state index in [1.807, 2.05) is 4.90 Å². The van der Waals surface area contributed by atoms with Crippen molar-refractivity contribution in [3.63, 3.8) is 0 Å². The average Bonchev–Trinajstić information content (AvgIpc) is 2.89. The van der Waals surface area contributed by atoms with Gasteiger partial charge in [-0.1, -0.05) is 33.1 Å². The van der Waals surface area contributed by atoms with Crippen molar-refractivity contribution >= 4 is 5.91 Å². The predicted octanol–water partition coefficient (Wildman–Crippen LogP) is 3.11. The number of nitriles is 1. The summed E-state index contributed by atoms with van der Waals surface area (Å²) in [6.45, 7) is 6.22. The molecule has 0 aromatic heterocycles. The normalized spacial score (nSPS) is 25.7. The highest BCUT2D eigenvalue weighted by molar-refractivity contribution is 5.85. The molecule has 2 fully saturated rings. The van der Waals surface area contributed by atoms with Gasteiger partial charge in [-0.25, -0.2) is 0 Å². The number of carbonyl (C=O) groups is 1. The molecule has 0 aromatic carbocycles. The maximum absolute atomic E-state index is 12.6. The average molecular weight is 248 g/mol. The lowest BCUT2D eigenvalue weighted by molar-refractivity contribution is -0.141. The number of likely N-dealkylation sites (tertiary alicyclic amines) is 1. The number of hydrogen-bond acceptors (Lipinski definition) is 2. The third kappa shape index (κ3) is 2.25. The van der Waals surface area contributed by atoms with Crippen LogP contribution in [0.15, 0.2) is 0 Å². The molecule has 1 aliphatic carbocycles. The second kappa shape index (κ2) is 4.91. The van der Waals surface area contributed by atoms with Gasteiger partial charge in [0.05, 0.1) is 6.07 Å². The standard InChI is InChI=1S/C15H24N2O/c1-3-14(2)8-10-17(11-9-14)13(18)15(12-16)6-4-5-7-15/h3-11H2,1-2H3. The number of nitrogens with zero attached hydrogens (tertiary/aromatic N) is 2. The number of amides is 1. The summed E-state index contributed by atoms with van der Waals surface area (Å²) < 4.78 is 0. The van der Waals surface area contributed by atoms with E-state index in [4.69, 9.17) is 0 Å². The summed E-state index contributed by atoms with van der Waals surface area (Å²) in [6, 6.07) is 2.32. The minimum absolute atomic E-state index is 0.112. The summed E-state index contributed by atoms with van der Waals surface area (Å²) >= 11 is 0. The minimum atomic E-state index is -0.681. The second-order valence-electron chi connectivity index (χ2n) is 6.36. The number of hydrogen-bond donors (Lipinski definition) is 0. The quantitative estimate of drug-likeness (QED) is 0.753. The zero-order valence-electron chi connectivity index (χ0n) is 11.7. The predicted molar refractivity (Wildman–Crippen MR) is 70.7 cm³/mol. The highest BCUT2D eigenvalue weighted by Crippen LogP contribution is 2.41. The van der Waals surface area contributed by atoms with Crippen molar-refractivity contribution in [3.8, 4) is 6.07 Å². The molecule has 0 aromatic rings. The van der Waals surface area contributed by atoms with Gasteiger partial charge in [0.1, 0.15) is 5.41 Å². The van der Waals surface area contributed by atoms with Crippen molar-refractivity contribution < 1.29 is 4.79 Å². The molecule has 1 heterocycles. The topological polar surface area (TPSA) is 44.1 Å². The van der Waals surface area contributed by atoms with Crippen molar-refractivity contribution in [3.05, 3.63) is 0 Å². The summed E-state index contributed by atoms with van der Waals surface area (Å²) in [4.78, 5) is 14.5. The molecule has 2 aliphatic rings. The van der Waals surface area contributed by atoms with E-state index in [2.05, 4.69) is 19.9 Å². The molecule has 3 heteroatoms. The van der Waals surface area contributed by atoms with E-state index in [-0.39, 0.29) is 5.91 Å². The fourth-order valence-electron chi connectivity index (χ4n) is 3.26. The Balaban J connectivity index is 2.02. The van der Waals surface area contributed by atoms with Crippen LogP contribution in [0.3, 0.4) is 0 Å². The summed E-state index contributed by atoms with van der Waals surface area (Å²) in [5.74, 6) is 0.112. The number of piperidine rings is 1.